The van der Waals surface area contributed by atoms with Gasteiger partial charge in [0, 0.05) is 35.7 Å². The number of aryl methyl sites for hydroxylation is 1. The summed E-state index contributed by atoms with van der Waals surface area (Å²) >= 11 is 1.42. The van der Waals surface area contributed by atoms with Crippen molar-refractivity contribution in [3.05, 3.63) is 48.2 Å². The molecule has 1 amide bonds. The number of hydrogen-bond acceptors (Lipinski definition) is 5. The van der Waals surface area contributed by atoms with Gasteiger partial charge in [-0.1, -0.05) is 29.5 Å². The normalized spacial score (nSPS) is 11.1. The number of rotatable bonds is 7. The number of carbonyl (C=O) groups excluding carboxylic acids is 1. The van der Waals surface area contributed by atoms with Gasteiger partial charge in [-0.25, -0.2) is 4.98 Å². The Hall–Kier alpha value is -3.06. The van der Waals surface area contributed by atoms with Crippen LogP contribution in [0.1, 0.15) is 18.4 Å². The predicted molar refractivity (Wildman–Crippen MR) is 113 cm³/mol. The molecule has 2 aromatic carbocycles. The number of aromatic amines is 1. The summed E-state index contributed by atoms with van der Waals surface area (Å²) in [6.07, 6.45) is 4.10. The van der Waals surface area contributed by atoms with Crippen molar-refractivity contribution in [2.45, 2.75) is 19.3 Å². The van der Waals surface area contributed by atoms with Crippen LogP contribution in [-0.4, -0.2) is 30.1 Å². The van der Waals surface area contributed by atoms with E-state index in [2.05, 4.69) is 27.4 Å². The number of aromatic nitrogens is 2. The minimum Gasteiger partial charge on any atom is -0.493 e. The quantitative estimate of drug-likeness (QED) is 0.473. The summed E-state index contributed by atoms with van der Waals surface area (Å²) in [5, 5.41) is 4.71. The van der Waals surface area contributed by atoms with Crippen LogP contribution < -0.4 is 14.8 Å². The monoisotopic (exact) mass is 395 g/mol. The number of nitrogens with one attached hydrogen (secondary N) is 2. The summed E-state index contributed by atoms with van der Waals surface area (Å²) in [4.78, 5) is 20.1. The molecule has 0 atom stereocenters. The van der Waals surface area contributed by atoms with Crippen LogP contribution in [0.5, 0.6) is 11.5 Å². The standard InChI is InChI=1S/C21H21N3O3S/c1-26-17-10-16-19(11-18(17)27-2)28-21(23-16)24-20(25)9-5-6-13-12-22-15-8-4-3-7-14(13)15/h3-4,7-8,10-12,22H,5-6,9H2,1-2H3,(H,23,24,25). The smallest absolute Gasteiger partial charge is 0.226 e. The van der Waals surface area contributed by atoms with E-state index in [0.717, 1.165) is 28.6 Å². The molecule has 28 heavy (non-hydrogen) atoms. The molecule has 0 saturated heterocycles. The van der Waals surface area contributed by atoms with E-state index in [9.17, 15) is 4.79 Å². The van der Waals surface area contributed by atoms with Gasteiger partial charge in [-0.05, 0) is 24.5 Å². The van der Waals surface area contributed by atoms with E-state index in [1.54, 1.807) is 14.2 Å². The Bertz CT molecular complexity index is 1090. The fraction of sp³-hybridized carbons (Fsp3) is 0.238. The number of hydrogen-bond donors (Lipinski definition) is 2. The van der Waals surface area contributed by atoms with Crippen molar-refractivity contribution in [1.29, 1.82) is 0 Å². The third kappa shape index (κ3) is 3.66. The lowest BCUT2D eigenvalue weighted by Crippen LogP contribution is -2.11. The first-order valence-electron chi connectivity index (χ1n) is 9.05. The number of carbonyl (C=O) groups is 1. The molecule has 6 nitrogen and oxygen atoms in total. The van der Waals surface area contributed by atoms with Gasteiger partial charge < -0.3 is 19.8 Å². The van der Waals surface area contributed by atoms with Gasteiger partial charge in [0.15, 0.2) is 16.6 Å². The van der Waals surface area contributed by atoms with E-state index in [1.165, 1.54) is 22.3 Å². The number of methoxy groups -OCH3 is 2. The van der Waals surface area contributed by atoms with Gasteiger partial charge in [-0.15, -0.1) is 0 Å². The van der Waals surface area contributed by atoms with Crippen LogP contribution in [0.25, 0.3) is 21.1 Å². The first kappa shape index (κ1) is 18.3. The highest BCUT2D eigenvalue weighted by Crippen LogP contribution is 2.36. The third-order valence-corrected chi connectivity index (χ3v) is 5.60. The minimum atomic E-state index is -0.0298. The second-order valence-corrected chi connectivity index (χ2v) is 7.49. The van der Waals surface area contributed by atoms with Crippen molar-refractivity contribution >= 4 is 43.5 Å². The van der Waals surface area contributed by atoms with Gasteiger partial charge in [-0.2, -0.15) is 0 Å². The largest absolute Gasteiger partial charge is 0.493 e. The Balaban J connectivity index is 1.38. The second kappa shape index (κ2) is 7.90. The second-order valence-electron chi connectivity index (χ2n) is 6.46. The summed E-state index contributed by atoms with van der Waals surface area (Å²) < 4.78 is 11.6. The van der Waals surface area contributed by atoms with Crippen molar-refractivity contribution in [2.24, 2.45) is 0 Å². The van der Waals surface area contributed by atoms with E-state index in [-0.39, 0.29) is 5.91 Å². The van der Waals surface area contributed by atoms with Gasteiger partial charge in [0.2, 0.25) is 5.91 Å². The van der Waals surface area contributed by atoms with E-state index in [1.807, 2.05) is 30.5 Å². The van der Waals surface area contributed by atoms with Crippen LogP contribution in [0.2, 0.25) is 0 Å². The number of amides is 1. The number of para-hydroxylation sites is 1. The van der Waals surface area contributed by atoms with E-state index in [4.69, 9.17) is 9.47 Å². The van der Waals surface area contributed by atoms with Crippen LogP contribution in [0.4, 0.5) is 5.13 Å². The topological polar surface area (TPSA) is 76.2 Å². The van der Waals surface area contributed by atoms with Gasteiger partial charge in [0.05, 0.1) is 24.4 Å². The lowest BCUT2D eigenvalue weighted by atomic mass is 10.1. The molecule has 0 spiro atoms. The van der Waals surface area contributed by atoms with Crippen LogP contribution in [0, 0.1) is 0 Å². The van der Waals surface area contributed by atoms with Crippen LogP contribution in [0.3, 0.4) is 0 Å². The lowest BCUT2D eigenvalue weighted by Gasteiger charge is -2.05. The number of thiazole rings is 1. The lowest BCUT2D eigenvalue weighted by molar-refractivity contribution is -0.116. The summed E-state index contributed by atoms with van der Waals surface area (Å²) in [7, 11) is 3.19. The molecule has 0 aliphatic rings. The maximum absolute atomic E-state index is 12.3. The van der Waals surface area contributed by atoms with E-state index >= 15 is 0 Å². The molecular formula is C21H21N3O3S. The number of benzene rings is 2. The minimum absolute atomic E-state index is 0.0298. The molecule has 7 heteroatoms. The molecule has 2 heterocycles. The molecule has 4 aromatic rings. The van der Waals surface area contributed by atoms with Crippen molar-refractivity contribution < 1.29 is 14.3 Å². The first-order valence-corrected chi connectivity index (χ1v) is 9.87. The zero-order valence-electron chi connectivity index (χ0n) is 15.7. The van der Waals surface area contributed by atoms with Crippen molar-refractivity contribution in [2.75, 3.05) is 19.5 Å². The van der Waals surface area contributed by atoms with Crippen molar-refractivity contribution in [3.8, 4) is 11.5 Å². The van der Waals surface area contributed by atoms with Crippen LogP contribution in [-0.2, 0) is 11.2 Å². The maximum atomic E-state index is 12.3. The third-order valence-electron chi connectivity index (χ3n) is 4.66. The van der Waals surface area contributed by atoms with Gasteiger partial charge >= 0.3 is 0 Å². The Morgan fingerprint density at radius 2 is 1.96 bits per heavy atom. The van der Waals surface area contributed by atoms with Gasteiger partial charge in [0.25, 0.3) is 0 Å². The molecule has 0 radical (unpaired) electrons. The van der Waals surface area contributed by atoms with Gasteiger partial charge in [-0.3, -0.25) is 4.79 Å². The number of nitrogens with zero attached hydrogens (tertiary/aromatic N) is 1. The molecule has 2 aromatic heterocycles. The number of ether oxygens (including phenoxy) is 2. The molecule has 0 aliphatic heterocycles. The number of anilines is 1. The fourth-order valence-corrected chi connectivity index (χ4v) is 4.16. The highest BCUT2D eigenvalue weighted by Gasteiger charge is 2.12. The summed E-state index contributed by atoms with van der Waals surface area (Å²) in [5.74, 6) is 1.24. The highest BCUT2D eigenvalue weighted by atomic mass is 32.1. The average molecular weight is 395 g/mol. The molecule has 0 aliphatic carbocycles. The zero-order chi connectivity index (χ0) is 19.5. The zero-order valence-corrected chi connectivity index (χ0v) is 16.6. The van der Waals surface area contributed by atoms with Gasteiger partial charge in [0.1, 0.15) is 0 Å². The average Bonchev–Trinajstić information content (AvgIpc) is 3.29. The molecule has 0 saturated carbocycles. The van der Waals surface area contributed by atoms with E-state index < -0.39 is 0 Å². The summed E-state index contributed by atoms with van der Waals surface area (Å²) in [6, 6.07) is 11.9. The fourth-order valence-electron chi connectivity index (χ4n) is 3.27. The molecule has 4 rings (SSSR count). The Kier molecular flexibility index (Phi) is 5.16. The van der Waals surface area contributed by atoms with Crippen molar-refractivity contribution in [3.63, 3.8) is 0 Å². The number of fused-ring (bicyclic) bond motifs is 2. The highest BCUT2D eigenvalue weighted by molar-refractivity contribution is 7.22. The van der Waals surface area contributed by atoms with Crippen molar-refractivity contribution in [1.82, 2.24) is 9.97 Å². The SMILES string of the molecule is COc1cc2nc(NC(=O)CCCc3c[nH]c4ccccc34)sc2cc1OC. The number of H-pyrrole nitrogens is 1. The molecule has 2 N–H and O–H groups in total. The molecule has 0 bridgehead atoms. The molecular weight excluding hydrogens is 374 g/mol. The molecule has 0 fully saturated rings. The molecule has 0 unspecified atom stereocenters. The summed E-state index contributed by atoms with van der Waals surface area (Å²) in [5.41, 5.74) is 3.14. The summed E-state index contributed by atoms with van der Waals surface area (Å²) in [6.45, 7) is 0. The Labute approximate surface area is 166 Å². The van der Waals surface area contributed by atoms with Crippen LogP contribution in [0.15, 0.2) is 42.6 Å². The Morgan fingerprint density at radius 1 is 1.18 bits per heavy atom. The Morgan fingerprint density at radius 3 is 2.79 bits per heavy atom. The van der Waals surface area contributed by atoms with Crippen LogP contribution >= 0.6 is 11.3 Å². The van der Waals surface area contributed by atoms with E-state index in [0.29, 0.717) is 23.1 Å². The molecule has 144 valence electrons. The maximum Gasteiger partial charge on any atom is 0.226 e. The predicted octanol–water partition coefficient (Wildman–Crippen LogP) is 4.76. The first-order chi connectivity index (χ1) is 13.7.